The zero-order valence-electron chi connectivity index (χ0n) is 16.9. The summed E-state index contributed by atoms with van der Waals surface area (Å²) in [5.41, 5.74) is 2.46. The van der Waals surface area contributed by atoms with Crippen LogP contribution in [0.4, 0.5) is 11.4 Å². The molecule has 0 aliphatic rings. The second-order valence-electron chi connectivity index (χ2n) is 6.62. The summed E-state index contributed by atoms with van der Waals surface area (Å²) in [6, 6.07) is 9.23. The highest BCUT2D eigenvalue weighted by Gasteiger charge is 2.23. The molecule has 0 heterocycles. The summed E-state index contributed by atoms with van der Waals surface area (Å²) in [4.78, 5) is 35.7. The van der Waals surface area contributed by atoms with Crippen molar-refractivity contribution in [1.29, 1.82) is 0 Å². The maximum absolute atomic E-state index is 12.5. The third-order valence-corrected chi connectivity index (χ3v) is 4.50. The molecule has 0 aromatic heterocycles. The van der Waals surface area contributed by atoms with Gasteiger partial charge in [0.2, 0.25) is 5.78 Å². The molecule has 0 aliphatic heterocycles. The number of nitro benzene ring substituents is 1. The summed E-state index contributed by atoms with van der Waals surface area (Å²) in [5, 5.41) is 14.2. The lowest BCUT2D eigenvalue weighted by Gasteiger charge is -2.14. The number of benzene rings is 2. The van der Waals surface area contributed by atoms with E-state index >= 15 is 0 Å². The van der Waals surface area contributed by atoms with E-state index in [2.05, 4.69) is 5.32 Å². The molecule has 0 amide bonds. The third-order valence-electron chi connectivity index (χ3n) is 4.50. The molecule has 2 aromatic rings. The zero-order valence-corrected chi connectivity index (χ0v) is 16.9. The zero-order chi connectivity index (χ0) is 21.6. The van der Waals surface area contributed by atoms with Gasteiger partial charge in [0.05, 0.1) is 17.1 Å². The van der Waals surface area contributed by atoms with Gasteiger partial charge < -0.3 is 14.8 Å². The maximum atomic E-state index is 12.5. The first-order chi connectivity index (χ1) is 13.7. The SMILES string of the molecule is COCCNc1ccc(C(=O)O[C@H](C)C(=O)c2ccc(C)c(C)c2)cc1[N+](=O)[O-]. The van der Waals surface area contributed by atoms with Gasteiger partial charge in [-0.15, -0.1) is 0 Å². The molecule has 2 rings (SSSR count). The molecule has 154 valence electrons. The van der Waals surface area contributed by atoms with Gasteiger partial charge in [-0.1, -0.05) is 12.1 Å². The Morgan fingerprint density at radius 2 is 1.79 bits per heavy atom. The quantitative estimate of drug-likeness (QED) is 0.225. The smallest absolute Gasteiger partial charge is 0.339 e. The molecule has 0 saturated carbocycles. The Kier molecular flexibility index (Phi) is 7.44. The van der Waals surface area contributed by atoms with E-state index in [-0.39, 0.29) is 22.7 Å². The average molecular weight is 400 g/mol. The molecular weight excluding hydrogens is 376 g/mol. The molecular formula is C21H24N2O6. The van der Waals surface area contributed by atoms with Crippen LogP contribution < -0.4 is 5.32 Å². The normalized spacial score (nSPS) is 11.6. The highest BCUT2D eigenvalue weighted by Crippen LogP contribution is 2.26. The molecule has 8 nitrogen and oxygen atoms in total. The minimum absolute atomic E-state index is 0.00581. The van der Waals surface area contributed by atoms with Crippen LogP contribution in [0.3, 0.4) is 0 Å². The van der Waals surface area contributed by atoms with E-state index in [9.17, 15) is 19.7 Å². The summed E-state index contributed by atoms with van der Waals surface area (Å²) >= 11 is 0. The summed E-state index contributed by atoms with van der Waals surface area (Å²) in [6.45, 7) is 6.06. The van der Waals surface area contributed by atoms with Crippen LogP contribution >= 0.6 is 0 Å². The van der Waals surface area contributed by atoms with Gasteiger partial charge in [-0.25, -0.2) is 4.79 Å². The van der Waals surface area contributed by atoms with Crippen molar-refractivity contribution in [3.8, 4) is 0 Å². The molecule has 29 heavy (non-hydrogen) atoms. The van der Waals surface area contributed by atoms with Crippen LogP contribution in [0.1, 0.15) is 38.8 Å². The van der Waals surface area contributed by atoms with E-state index in [0.717, 1.165) is 17.2 Å². The highest BCUT2D eigenvalue weighted by atomic mass is 16.6. The lowest BCUT2D eigenvalue weighted by molar-refractivity contribution is -0.384. The highest BCUT2D eigenvalue weighted by molar-refractivity contribution is 6.01. The van der Waals surface area contributed by atoms with Crippen molar-refractivity contribution in [3.63, 3.8) is 0 Å². The topological polar surface area (TPSA) is 108 Å². The predicted octanol–water partition coefficient (Wildman–Crippen LogP) is 3.70. The van der Waals surface area contributed by atoms with E-state index < -0.39 is 17.0 Å². The van der Waals surface area contributed by atoms with Gasteiger partial charge in [0.15, 0.2) is 6.10 Å². The fraction of sp³-hybridized carbons (Fsp3) is 0.333. The lowest BCUT2D eigenvalue weighted by Crippen LogP contribution is -2.24. The van der Waals surface area contributed by atoms with E-state index in [0.29, 0.717) is 18.7 Å². The maximum Gasteiger partial charge on any atom is 0.339 e. The van der Waals surface area contributed by atoms with Crippen molar-refractivity contribution >= 4 is 23.1 Å². The van der Waals surface area contributed by atoms with Gasteiger partial charge in [-0.2, -0.15) is 0 Å². The fourth-order valence-electron chi connectivity index (χ4n) is 2.66. The van der Waals surface area contributed by atoms with Crippen LogP contribution in [0, 0.1) is 24.0 Å². The number of nitro groups is 1. The molecule has 0 saturated heterocycles. The van der Waals surface area contributed by atoms with Crippen molar-refractivity contribution in [2.45, 2.75) is 26.9 Å². The fourth-order valence-corrected chi connectivity index (χ4v) is 2.66. The van der Waals surface area contributed by atoms with E-state index in [1.807, 2.05) is 19.9 Å². The number of methoxy groups -OCH3 is 1. The number of esters is 1. The number of nitrogens with zero attached hydrogens (tertiary/aromatic N) is 1. The summed E-state index contributed by atoms with van der Waals surface area (Å²) in [6.07, 6.45) is -1.02. The molecule has 0 spiro atoms. The summed E-state index contributed by atoms with van der Waals surface area (Å²) < 4.78 is 10.1. The van der Waals surface area contributed by atoms with Crippen LogP contribution in [0.5, 0.6) is 0 Å². The number of anilines is 1. The number of ether oxygens (including phenoxy) is 2. The molecule has 0 fully saturated rings. The lowest BCUT2D eigenvalue weighted by atomic mass is 10.0. The van der Waals surface area contributed by atoms with E-state index in [4.69, 9.17) is 9.47 Å². The molecule has 0 aliphatic carbocycles. The third kappa shape index (κ3) is 5.61. The Labute approximate surface area is 169 Å². The molecule has 0 radical (unpaired) electrons. The van der Waals surface area contributed by atoms with Crippen LogP contribution in [-0.4, -0.2) is 43.0 Å². The number of carbonyl (C=O) groups is 2. The van der Waals surface area contributed by atoms with Crippen molar-refractivity contribution in [1.82, 2.24) is 0 Å². The van der Waals surface area contributed by atoms with Gasteiger partial charge in [-0.05, 0) is 50.1 Å². The van der Waals surface area contributed by atoms with Crippen molar-refractivity contribution in [2.75, 3.05) is 25.6 Å². The van der Waals surface area contributed by atoms with Gasteiger partial charge >= 0.3 is 5.97 Å². The number of hydrogen-bond donors (Lipinski definition) is 1. The Balaban J connectivity index is 2.14. The number of nitrogens with one attached hydrogen (secondary N) is 1. The largest absolute Gasteiger partial charge is 0.451 e. The summed E-state index contributed by atoms with van der Waals surface area (Å²) in [7, 11) is 1.52. The van der Waals surface area contributed by atoms with Gasteiger partial charge in [0.25, 0.3) is 5.69 Å². The van der Waals surface area contributed by atoms with Crippen LogP contribution in [0.2, 0.25) is 0 Å². The second-order valence-corrected chi connectivity index (χ2v) is 6.62. The Morgan fingerprint density at radius 1 is 1.10 bits per heavy atom. The second kappa shape index (κ2) is 9.79. The van der Waals surface area contributed by atoms with Crippen LogP contribution in [0.25, 0.3) is 0 Å². The first-order valence-corrected chi connectivity index (χ1v) is 9.08. The van der Waals surface area contributed by atoms with Crippen molar-refractivity contribution < 1.29 is 24.0 Å². The standard InChI is InChI=1S/C21H24N2O6/c1-13-5-6-16(11-14(13)2)20(24)15(3)29-21(25)17-7-8-18(22-9-10-28-4)19(12-17)23(26)27/h5-8,11-12,15,22H,9-10H2,1-4H3/t15-/m1/s1. The number of hydrogen-bond acceptors (Lipinski definition) is 7. The minimum Gasteiger partial charge on any atom is -0.451 e. The van der Waals surface area contributed by atoms with Gasteiger partial charge in [0, 0.05) is 25.3 Å². The Bertz CT molecular complexity index is 925. The number of carbonyl (C=O) groups excluding carboxylic acids is 2. The Hall–Kier alpha value is -3.26. The van der Waals surface area contributed by atoms with Crippen molar-refractivity contribution in [3.05, 3.63) is 68.8 Å². The molecule has 0 bridgehead atoms. The first kappa shape index (κ1) is 22.0. The van der Waals surface area contributed by atoms with Crippen LogP contribution in [0.15, 0.2) is 36.4 Å². The predicted molar refractivity (Wildman–Crippen MR) is 109 cm³/mol. The van der Waals surface area contributed by atoms with Gasteiger partial charge in [-0.3, -0.25) is 14.9 Å². The monoisotopic (exact) mass is 400 g/mol. The van der Waals surface area contributed by atoms with E-state index in [1.54, 1.807) is 12.1 Å². The van der Waals surface area contributed by atoms with E-state index in [1.165, 1.54) is 26.2 Å². The Morgan fingerprint density at radius 3 is 2.41 bits per heavy atom. The number of rotatable bonds is 9. The van der Waals surface area contributed by atoms with Gasteiger partial charge in [0.1, 0.15) is 5.69 Å². The summed E-state index contributed by atoms with van der Waals surface area (Å²) in [5.74, 6) is -1.14. The molecule has 0 unspecified atom stereocenters. The number of Topliss-reactive ketones (excluding diaryl/α,β-unsaturated/α-hetero) is 1. The van der Waals surface area contributed by atoms with Crippen molar-refractivity contribution in [2.24, 2.45) is 0 Å². The number of aryl methyl sites for hydroxylation is 2. The molecule has 8 heteroatoms. The molecule has 2 aromatic carbocycles. The first-order valence-electron chi connectivity index (χ1n) is 9.08. The van der Waals surface area contributed by atoms with Crippen LogP contribution in [-0.2, 0) is 9.47 Å². The molecule has 1 N–H and O–H groups in total. The number of ketones is 1. The average Bonchev–Trinajstić information content (AvgIpc) is 2.69. The minimum atomic E-state index is -1.02. The molecule has 1 atom stereocenters.